The van der Waals surface area contributed by atoms with E-state index in [-0.39, 0.29) is 17.3 Å². The Morgan fingerprint density at radius 1 is 1.26 bits per heavy atom. The summed E-state index contributed by atoms with van der Waals surface area (Å²) in [6.45, 7) is 4.74. The maximum Gasteiger partial charge on any atom is 0.230 e. The first-order valence-electron chi connectivity index (χ1n) is 8.46. The second-order valence-electron chi connectivity index (χ2n) is 6.50. The van der Waals surface area contributed by atoms with Gasteiger partial charge in [0.15, 0.2) is 17.3 Å². The second kappa shape index (κ2) is 8.85. The largest absolute Gasteiger partial charge is 0.493 e. The number of nitrogen functional groups attached to an aromatic ring is 1. The smallest absolute Gasteiger partial charge is 0.230 e. The third-order valence-corrected chi connectivity index (χ3v) is 3.47. The van der Waals surface area contributed by atoms with E-state index in [9.17, 15) is 5.26 Å². The number of nitriles is 1. The van der Waals surface area contributed by atoms with Crippen LogP contribution in [-0.4, -0.2) is 42.8 Å². The predicted molar refractivity (Wildman–Crippen MR) is 105 cm³/mol. The molecule has 0 bridgehead atoms. The lowest BCUT2D eigenvalue weighted by atomic mass is 10.1. The van der Waals surface area contributed by atoms with Crippen LogP contribution >= 0.6 is 0 Å². The van der Waals surface area contributed by atoms with Crippen LogP contribution in [0.4, 0.5) is 11.9 Å². The minimum atomic E-state index is 0.0554. The van der Waals surface area contributed by atoms with Crippen molar-refractivity contribution < 1.29 is 9.47 Å². The molecule has 0 aliphatic rings. The standard InChI is InChI=1S/C19H24N6O2/c1-12(2)11-27-15-7-6-13(9-16(15)26-5)8-14(10-20)17-22-18(21)24-19(23-17)25(3)4/h6-9,12H,11H2,1-5H3,(H2,21,22,23,24)/b14-8-. The molecule has 8 heteroatoms. The summed E-state index contributed by atoms with van der Waals surface area (Å²) in [4.78, 5) is 14.1. The molecule has 0 saturated carbocycles. The Hall–Kier alpha value is -3.34. The van der Waals surface area contributed by atoms with E-state index >= 15 is 0 Å². The normalized spacial score (nSPS) is 11.2. The first-order chi connectivity index (χ1) is 12.8. The molecule has 2 aromatic rings. The number of hydrogen-bond donors (Lipinski definition) is 1. The van der Waals surface area contributed by atoms with Crippen molar-refractivity contribution in [2.75, 3.05) is 38.4 Å². The number of hydrogen-bond acceptors (Lipinski definition) is 8. The molecule has 0 aliphatic heterocycles. The van der Waals surface area contributed by atoms with E-state index in [4.69, 9.17) is 15.2 Å². The zero-order valence-corrected chi connectivity index (χ0v) is 16.2. The number of ether oxygens (including phenoxy) is 2. The van der Waals surface area contributed by atoms with Gasteiger partial charge in [-0.25, -0.2) is 0 Å². The predicted octanol–water partition coefficient (Wildman–Crippen LogP) is 2.63. The van der Waals surface area contributed by atoms with Gasteiger partial charge in [-0.15, -0.1) is 0 Å². The Balaban J connectivity index is 2.39. The summed E-state index contributed by atoms with van der Waals surface area (Å²) in [7, 11) is 5.15. The maximum atomic E-state index is 9.56. The molecule has 0 spiro atoms. The summed E-state index contributed by atoms with van der Waals surface area (Å²) in [6.07, 6.45) is 1.67. The summed E-state index contributed by atoms with van der Waals surface area (Å²) in [5.41, 5.74) is 6.77. The molecule has 2 N–H and O–H groups in total. The lowest BCUT2D eigenvalue weighted by Crippen LogP contribution is -2.15. The van der Waals surface area contributed by atoms with Crippen LogP contribution in [-0.2, 0) is 0 Å². The molecule has 1 aromatic heterocycles. The summed E-state index contributed by atoms with van der Waals surface area (Å²) in [6, 6.07) is 7.57. The molecule has 27 heavy (non-hydrogen) atoms. The lowest BCUT2D eigenvalue weighted by Gasteiger charge is -2.13. The molecule has 0 fully saturated rings. The van der Waals surface area contributed by atoms with Crippen molar-refractivity contribution in [3.63, 3.8) is 0 Å². The van der Waals surface area contributed by atoms with Crippen LogP contribution in [0.3, 0.4) is 0 Å². The number of aromatic nitrogens is 3. The van der Waals surface area contributed by atoms with E-state index in [1.54, 1.807) is 38.2 Å². The van der Waals surface area contributed by atoms with Gasteiger partial charge in [-0.2, -0.15) is 20.2 Å². The second-order valence-corrected chi connectivity index (χ2v) is 6.50. The van der Waals surface area contributed by atoms with Gasteiger partial charge in [0.2, 0.25) is 11.9 Å². The molecule has 0 aliphatic carbocycles. The number of anilines is 2. The lowest BCUT2D eigenvalue weighted by molar-refractivity contribution is 0.257. The quantitative estimate of drug-likeness (QED) is 0.743. The number of methoxy groups -OCH3 is 1. The molecule has 8 nitrogen and oxygen atoms in total. The summed E-state index contributed by atoms with van der Waals surface area (Å²) in [5, 5.41) is 9.56. The maximum absolute atomic E-state index is 9.56. The van der Waals surface area contributed by atoms with Crippen LogP contribution in [0.2, 0.25) is 0 Å². The van der Waals surface area contributed by atoms with Crippen LogP contribution in [0, 0.1) is 17.2 Å². The van der Waals surface area contributed by atoms with Crippen LogP contribution < -0.4 is 20.1 Å². The van der Waals surface area contributed by atoms with E-state index < -0.39 is 0 Å². The SMILES string of the molecule is COc1cc(/C=C(/C#N)c2nc(N)nc(N(C)C)n2)ccc1OCC(C)C. The van der Waals surface area contributed by atoms with Crippen LogP contribution in [0.15, 0.2) is 18.2 Å². The number of rotatable bonds is 7. The Morgan fingerprint density at radius 3 is 2.59 bits per heavy atom. The molecular weight excluding hydrogens is 344 g/mol. The third-order valence-electron chi connectivity index (χ3n) is 3.47. The van der Waals surface area contributed by atoms with Crippen LogP contribution in [0.1, 0.15) is 25.2 Å². The number of nitrogens with zero attached hydrogens (tertiary/aromatic N) is 5. The molecule has 0 saturated heterocycles. The van der Waals surface area contributed by atoms with Crippen molar-refractivity contribution in [3.8, 4) is 17.6 Å². The van der Waals surface area contributed by atoms with Gasteiger partial charge >= 0.3 is 0 Å². The molecule has 0 radical (unpaired) electrons. The van der Waals surface area contributed by atoms with Gasteiger partial charge in [0.1, 0.15) is 6.07 Å². The van der Waals surface area contributed by atoms with Gasteiger partial charge in [-0.3, -0.25) is 0 Å². The minimum absolute atomic E-state index is 0.0554. The van der Waals surface area contributed by atoms with Crippen LogP contribution in [0.25, 0.3) is 11.6 Å². The van der Waals surface area contributed by atoms with E-state index in [0.29, 0.717) is 30.0 Å². The monoisotopic (exact) mass is 368 g/mol. The van der Waals surface area contributed by atoms with Crippen molar-refractivity contribution in [3.05, 3.63) is 29.6 Å². The number of allylic oxidation sites excluding steroid dienone is 1. The van der Waals surface area contributed by atoms with Gasteiger partial charge in [-0.1, -0.05) is 19.9 Å². The molecule has 1 heterocycles. The van der Waals surface area contributed by atoms with Gasteiger partial charge in [0, 0.05) is 14.1 Å². The zero-order valence-electron chi connectivity index (χ0n) is 16.2. The Labute approximate surface area is 159 Å². The Kier molecular flexibility index (Phi) is 6.55. The van der Waals surface area contributed by atoms with Gasteiger partial charge in [0.05, 0.1) is 19.3 Å². The van der Waals surface area contributed by atoms with E-state index in [1.165, 1.54) is 0 Å². The highest BCUT2D eigenvalue weighted by Gasteiger charge is 2.12. The summed E-state index contributed by atoms with van der Waals surface area (Å²) < 4.78 is 11.2. The van der Waals surface area contributed by atoms with Crippen molar-refractivity contribution in [1.82, 2.24) is 15.0 Å². The zero-order chi connectivity index (χ0) is 20.0. The van der Waals surface area contributed by atoms with E-state index in [2.05, 4.69) is 34.9 Å². The van der Waals surface area contributed by atoms with E-state index in [0.717, 1.165) is 5.56 Å². The third kappa shape index (κ3) is 5.31. The number of benzene rings is 1. The number of nitrogens with two attached hydrogens (primary N) is 1. The molecule has 0 unspecified atom stereocenters. The fraction of sp³-hybridized carbons (Fsp3) is 0.368. The van der Waals surface area contributed by atoms with E-state index in [1.807, 2.05) is 12.1 Å². The minimum Gasteiger partial charge on any atom is -0.493 e. The molecule has 0 amide bonds. The average molecular weight is 368 g/mol. The summed E-state index contributed by atoms with van der Waals surface area (Å²) in [5.74, 6) is 2.30. The van der Waals surface area contributed by atoms with Gasteiger partial charge in [-0.05, 0) is 29.7 Å². The highest BCUT2D eigenvalue weighted by molar-refractivity contribution is 5.87. The molecule has 0 atom stereocenters. The molecule has 142 valence electrons. The Bertz CT molecular complexity index is 871. The first kappa shape index (κ1) is 20.0. The summed E-state index contributed by atoms with van der Waals surface area (Å²) >= 11 is 0. The first-order valence-corrected chi connectivity index (χ1v) is 8.46. The van der Waals surface area contributed by atoms with Crippen molar-refractivity contribution >= 4 is 23.5 Å². The van der Waals surface area contributed by atoms with Gasteiger partial charge in [0.25, 0.3) is 0 Å². The molecular formula is C19H24N6O2. The highest BCUT2D eigenvalue weighted by Crippen LogP contribution is 2.30. The molecule has 1 aromatic carbocycles. The van der Waals surface area contributed by atoms with Crippen LogP contribution in [0.5, 0.6) is 11.5 Å². The highest BCUT2D eigenvalue weighted by atomic mass is 16.5. The van der Waals surface area contributed by atoms with Crippen molar-refractivity contribution in [1.29, 1.82) is 5.26 Å². The van der Waals surface area contributed by atoms with Gasteiger partial charge < -0.3 is 20.1 Å². The van der Waals surface area contributed by atoms with Crippen molar-refractivity contribution in [2.45, 2.75) is 13.8 Å². The average Bonchev–Trinajstić information content (AvgIpc) is 2.64. The topological polar surface area (TPSA) is 110 Å². The fourth-order valence-electron chi connectivity index (χ4n) is 2.16. The Morgan fingerprint density at radius 2 is 2.00 bits per heavy atom. The molecule has 2 rings (SSSR count). The van der Waals surface area contributed by atoms with Crippen molar-refractivity contribution in [2.24, 2.45) is 5.92 Å². The fourth-order valence-corrected chi connectivity index (χ4v) is 2.16.